The molecule has 1 aliphatic heterocycles. The molecular formula is C20H27N3O5S. The minimum atomic E-state index is -3.77. The normalized spacial score (nSPS) is 22.4. The van der Waals surface area contributed by atoms with Crippen LogP contribution in [0.2, 0.25) is 0 Å². The molecule has 1 saturated carbocycles. The molecule has 2 heterocycles. The lowest BCUT2D eigenvalue weighted by Crippen LogP contribution is -2.47. The Morgan fingerprint density at radius 1 is 1.10 bits per heavy atom. The van der Waals surface area contributed by atoms with Crippen LogP contribution in [-0.4, -0.2) is 42.7 Å². The summed E-state index contributed by atoms with van der Waals surface area (Å²) in [6.45, 7) is 0.556. The number of aromatic amines is 1. The molecule has 4 rings (SSSR count). The Labute approximate surface area is 169 Å². The van der Waals surface area contributed by atoms with Crippen LogP contribution in [0.25, 0.3) is 11.1 Å². The lowest BCUT2D eigenvalue weighted by atomic mass is 9.97. The van der Waals surface area contributed by atoms with E-state index in [-0.39, 0.29) is 34.9 Å². The van der Waals surface area contributed by atoms with E-state index in [0.717, 1.165) is 25.7 Å². The number of hydrogen-bond acceptors (Lipinski definition) is 5. The number of benzene rings is 1. The highest BCUT2D eigenvalue weighted by atomic mass is 32.2. The van der Waals surface area contributed by atoms with E-state index in [9.17, 15) is 18.0 Å². The van der Waals surface area contributed by atoms with Crippen molar-refractivity contribution in [3.05, 3.63) is 28.7 Å². The van der Waals surface area contributed by atoms with Crippen LogP contribution in [0.4, 0.5) is 0 Å². The minimum absolute atomic E-state index is 0.0381. The fraction of sp³-hybridized carbons (Fsp3) is 0.600. The zero-order valence-electron chi connectivity index (χ0n) is 16.4. The first-order chi connectivity index (χ1) is 13.9. The summed E-state index contributed by atoms with van der Waals surface area (Å²) in [5.74, 6) is -0.998. The molecule has 2 aromatic rings. The van der Waals surface area contributed by atoms with Gasteiger partial charge >= 0.3 is 5.76 Å². The van der Waals surface area contributed by atoms with E-state index in [0.29, 0.717) is 24.9 Å². The first-order valence-corrected chi connectivity index (χ1v) is 11.8. The number of carbonyl (C=O) groups is 1. The van der Waals surface area contributed by atoms with Crippen LogP contribution < -0.4 is 11.1 Å². The summed E-state index contributed by atoms with van der Waals surface area (Å²) in [4.78, 5) is 26.7. The molecule has 0 unspecified atom stereocenters. The average molecular weight is 422 g/mol. The third-order valence-corrected chi connectivity index (χ3v) is 7.85. The Bertz CT molecular complexity index is 1030. The van der Waals surface area contributed by atoms with Gasteiger partial charge in [-0.1, -0.05) is 25.7 Å². The summed E-state index contributed by atoms with van der Waals surface area (Å²) in [7, 11) is -3.77. The van der Waals surface area contributed by atoms with Crippen molar-refractivity contribution < 1.29 is 17.6 Å². The first-order valence-electron chi connectivity index (χ1n) is 10.4. The number of H-pyrrole nitrogens is 1. The van der Waals surface area contributed by atoms with E-state index < -0.39 is 15.8 Å². The van der Waals surface area contributed by atoms with Gasteiger partial charge in [0.15, 0.2) is 5.58 Å². The molecule has 1 atom stereocenters. The zero-order valence-corrected chi connectivity index (χ0v) is 17.2. The van der Waals surface area contributed by atoms with Crippen molar-refractivity contribution in [1.29, 1.82) is 0 Å². The second-order valence-electron chi connectivity index (χ2n) is 8.07. The number of aromatic nitrogens is 1. The van der Waals surface area contributed by atoms with Crippen molar-refractivity contribution in [2.45, 2.75) is 62.3 Å². The number of piperidine rings is 1. The number of amides is 1. The number of fused-ring (bicyclic) bond motifs is 1. The largest absolute Gasteiger partial charge is 0.417 e. The van der Waals surface area contributed by atoms with Crippen molar-refractivity contribution in [3.63, 3.8) is 0 Å². The third-order valence-electron chi connectivity index (χ3n) is 5.99. The maximum absolute atomic E-state index is 13.1. The molecule has 0 spiro atoms. The van der Waals surface area contributed by atoms with Crippen molar-refractivity contribution >= 4 is 27.0 Å². The minimum Gasteiger partial charge on any atom is -0.408 e. The van der Waals surface area contributed by atoms with Gasteiger partial charge in [0.25, 0.3) is 0 Å². The van der Waals surface area contributed by atoms with Gasteiger partial charge in [-0.25, -0.2) is 13.2 Å². The van der Waals surface area contributed by atoms with Crippen molar-refractivity contribution in [2.75, 3.05) is 13.1 Å². The van der Waals surface area contributed by atoms with E-state index in [2.05, 4.69) is 10.3 Å². The van der Waals surface area contributed by atoms with Crippen LogP contribution in [0.3, 0.4) is 0 Å². The lowest BCUT2D eigenvalue weighted by molar-refractivity contribution is -0.126. The number of rotatable bonds is 4. The van der Waals surface area contributed by atoms with Gasteiger partial charge in [-0.2, -0.15) is 4.31 Å². The third kappa shape index (κ3) is 4.40. The highest BCUT2D eigenvalue weighted by Gasteiger charge is 2.34. The topological polar surface area (TPSA) is 112 Å². The number of oxazole rings is 1. The quantitative estimate of drug-likeness (QED) is 0.736. The maximum Gasteiger partial charge on any atom is 0.417 e. The van der Waals surface area contributed by atoms with Crippen molar-refractivity contribution in [3.8, 4) is 0 Å². The molecule has 1 aromatic carbocycles. The van der Waals surface area contributed by atoms with Crippen LogP contribution in [0.15, 0.2) is 32.3 Å². The maximum atomic E-state index is 13.1. The summed E-state index contributed by atoms with van der Waals surface area (Å²) >= 11 is 0. The zero-order chi connectivity index (χ0) is 20.4. The number of hydrogen-bond donors (Lipinski definition) is 2. The van der Waals surface area contributed by atoms with Crippen LogP contribution >= 0.6 is 0 Å². The molecule has 8 nitrogen and oxygen atoms in total. The summed E-state index contributed by atoms with van der Waals surface area (Å²) in [6.07, 6.45) is 8.03. The lowest BCUT2D eigenvalue weighted by Gasteiger charge is -2.32. The van der Waals surface area contributed by atoms with Gasteiger partial charge in [-0.15, -0.1) is 0 Å². The molecule has 158 valence electrons. The summed E-state index contributed by atoms with van der Waals surface area (Å²) < 4.78 is 32.6. The molecule has 1 aliphatic carbocycles. The number of carbonyl (C=O) groups excluding carboxylic acids is 1. The van der Waals surface area contributed by atoms with Crippen molar-refractivity contribution in [1.82, 2.24) is 14.6 Å². The van der Waals surface area contributed by atoms with Gasteiger partial charge < -0.3 is 9.73 Å². The Balaban J connectivity index is 1.47. The van der Waals surface area contributed by atoms with Crippen molar-refractivity contribution in [2.24, 2.45) is 5.92 Å². The van der Waals surface area contributed by atoms with Crippen LogP contribution in [0, 0.1) is 5.92 Å². The standard InChI is InChI=1S/C20H27N3O5S/c24-19(21-15-7-3-1-2-4-8-15)14-6-5-11-23(13-14)29(26,27)16-9-10-17-18(12-16)28-20(25)22-17/h9-10,12,14-15H,1-8,11,13H2,(H,21,24)(H,22,25)/t14-/m1/s1. The predicted molar refractivity (Wildman–Crippen MR) is 108 cm³/mol. The first kappa shape index (κ1) is 20.2. The van der Waals surface area contributed by atoms with E-state index in [1.807, 2.05) is 0 Å². The van der Waals surface area contributed by atoms with Gasteiger partial charge in [0.2, 0.25) is 15.9 Å². The van der Waals surface area contributed by atoms with Crippen LogP contribution in [0.1, 0.15) is 51.4 Å². The molecule has 0 bridgehead atoms. The molecule has 29 heavy (non-hydrogen) atoms. The second-order valence-corrected chi connectivity index (χ2v) is 10.0. The number of sulfonamides is 1. The summed E-state index contributed by atoms with van der Waals surface area (Å²) in [5, 5.41) is 3.15. The van der Waals surface area contributed by atoms with E-state index in [1.165, 1.54) is 35.3 Å². The van der Waals surface area contributed by atoms with Gasteiger partial charge in [0, 0.05) is 25.2 Å². The molecule has 2 aliphatic rings. The Hall–Kier alpha value is -2.13. The molecular weight excluding hydrogens is 394 g/mol. The second kappa shape index (κ2) is 8.31. The van der Waals surface area contributed by atoms with E-state index in [1.54, 1.807) is 0 Å². The monoisotopic (exact) mass is 421 g/mol. The van der Waals surface area contributed by atoms with Gasteiger partial charge in [0.1, 0.15) is 0 Å². The molecule has 2 N–H and O–H groups in total. The molecule has 9 heteroatoms. The van der Waals surface area contributed by atoms with Gasteiger partial charge in [-0.05, 0) is 37.8 Å². The average Bonchev–Trinajstić information content (AvgIpc) is 2.90. The molecule has 2 fully saturated rings. The smallest absolute Gasteiger partial charge is 0.408 e. The number of nitrogens with zero attached hydrogens (tertiary/aromatic N) is 1. The Morgan fingerprint density at radius 3 is 2.62 bits per heavy atom. The molecule has 1 amide bonds. The van der Waals surface area contributed by atoms with E-state index in [4.69, 9.17) is 4.42 Å². The van der Waals surface area contributed by atoms with Gasteiger partial charge in [-0.3, -0.25) is 9.78 Å². The predicted octanol–water partition coefficient (Wildman–Crippen LogP) is 2.36. The molecule has 1 saturated heterocycles. The molecule has 1 aromatic heterocycles. The van der Waals surface area contributed by atoms with Gasteiger partial charge in [0.05, 0.1) is 16.3 Å². The fourth-order valence-electron chi connectivity index (χ4n) is 4.35. The van der Waals surface area contributed by atoms with Crippen LogP contribution in [-0.2, 0) is 14.8 Å². The Morgan fingerprint density at radius 2 is 1.86 bits per heavy atom. The number of nitrogens with one attached hydrogen (secondary N) is 2. The summed E-state index contributed by atoms with van der Waals surface area (Å²) in [6, 6.07) is 4.54. The van der Waals surface area contributed by atoms with E-state index >= 15 is 0 Å². The van der Waals surface area contributed by atoms with Crippen LogP contribution in [0.5, 0.6) is 0 Å². The fourth-order valence-corrected chi connectivity index (χ4v) is 5.89. The molecule has 0 radical (unpaired) electrons. The summed E-state index contributed by atoms with van der Waals surface area (Å²) in [5.41, 5.74) is 0.656. The SMILES string of the molecule is O=C(NC1CCCCCC1)[C@@H]1CCCN(S(=O)(=O)c2ccc3[nH]c(=O)oc3c2)C1. The highest BCUT2D eigenvalue weighted by Crippen LogP contribution is 2.26. The Kier molecular flexibility index (Phi) is 5.78. The highest BCUT2D eigenvalue weighted by molar-refractivity contribution is 7.89.